The first-order valence-corrected chi connectivity index (χ1v) is 7.13. The third-order valence-corrected chi connectivity index (χ3v) is 2.88. The van der Waals surface area contributed by atoms with Crippen LogP contribution in [0.2, 0.25) is 0 Å². The zero-order valence-corrected chi connectivity index (χ0v) is 12.8. The molecule has 2 aromatic carbocycles. The zero-order valence-electron chi connectivity index (χ0n) is 9.64. The largest absolute Gasteiger partial charge is 0.488 e. The van der Waals surface area contributed by atoms with E-state index >= 15 is 0 Å². The first-order valence-electron chi connectivity index (χ1n) is 5.54. The van der Waals surface area contributed by atoms with Gasteiger partial charge in [0.15, 0.2) is 0 Å². The molecule has 0 N–H and O–H groups in total. The predicted molar refractivity (Wildman–Crippen MR) is 83.0 cm³/mol. The lowest BCUT2D eigenvalue weighted by Crippen LogP contribution is -1.96. The second-order valence-electron chi connectivity index (χ2n) is 3.75. The molecule has 0 bridgehead atoms. The third kappa shape index (κ3) is 4.00. The van der Waals surface area contributed by atoms with E-state index in [0.717, 1.165) is 20.3 Å². The summed E-state index contributed by atoms with van der Waals surface area (Å²) in [5.74, 6) is 0.873. The number of hydrogen-bond donors (Lipinski definition) is 0. The molecule has 3 heteroatoms. The number of halogens is 2. The maximum absolute atomic E-state index is 5.84. The van der Waals surface area contributed by atoms with Crippen molar-refractivity contribution in [3.63, 3.8) is 0 Å². The van der Waals surface area contributed by atoms with Gasteiger partial charge in [0, 0.05) is 5.56 Å². The summed E-state index contributed by atoms with van der Waals surface area (Å²) in [6, 6.07) is 18.1. The van der Waals surface area contributed by atoms with E-state index in [4.69, 9.17) is 4.74 Å². The predicted octanol–water partition coefficient (Wildman–Crippen LogP) is 5.35. The third-order valence-electron chi connectivity index (χ3n) is 2.42. The van der Waals surface area contributed by atoms with Gasteiger partial charge in [-0.05, 0) is 49.6 Å². The summed E-state index contributed by atoms with van der Waals surface area (Å²) in [6.07, 6.45) is 1.97. The molecule has 0 aliphatic carbocycles. The Hall–Kier alpha value is -1.06. The highest BCUT2D eigenvalue weighted by molar-refractivity contribution is 9.28. The molecule has 0 atom stereocenters. The Bertz CT molecular complexity index is 531. The minimum Gasteiger partial charge on any atom is -0.488 e. The van der Waals surface area contributed by atoms with E-state index < -0.39 is 0 Å². The second-order valence-corrected chi connectivity index (χ2v) is 6.52. The maximum Gasteiger partial charge on any atom is 0.127 e. The van der Waals surface area contributed by atoms with Crippen molar-refractivity contribution in [1.29, 1.82) is 0 Å². The van der Waals surface area contributed by atoms with Crippen LogP contribution in [0.15, 0.2) is 58.0 Å². The molecular weight excluding hydrogens is 356 g/mol. The molecule has 0 fully saturated rings. The standard InChI is InChI=1S/C15H12Br2O/c16-15(17)10-13-8-4-5-9-14(13)18-11-12-6-2-1-3-7-12/h1-10H,11H2. The van der Waals surface area contributed by atoms with Crippen molar-refractivity contribution in [3.05, 3.63) is 69.1 Å². The van der Waals surface area contributed by atoms with Crippen LogP contribution in [-0.4, -0.2) is 0 Å². The molecule has 0 aliphatic rings. The highest BCUT2D eigenvalue weighted by Crippen LogP contribution is 2.25. The molecule has 0 amide bonds. The summed E-state index contributed by atoms with van der Waals surface area (Å²) in [6.45, 7) is 0.575. The van der Waals surface area contributed by atoms with E-state index in [-0.39, 0.29) is 0 Å². The number of para-hydroxylation sites is 1. The Morgan fingerprint density at radius 1 is 0.944 bits per heavy atom. The van der Waals surface area contributed by atoms with E-state index in [1.54, 1.807) is 0 Å². The Morgan fingerprint density at radius 2 is 1.61 bits per heavy atom. The summed E-state index contributed by atoms with van der Waals surface area (Å²) in [5, 5.41) is 0. The summed E-state index contributed by atoms with van der Waals surface area (Å²) >= 11 is 6.73. The average molecular weight is 368 g/mol. The van der Waals surface area contributed by atoms with Gasteiger partial charge in [-0.1, -0.05) is 48.5 Å². The van der Waals surface area contributed by atoms with Crippen LogP contribution in [0.25, 0.3) is 6.08 Å². The molecule has 0 heterocycles. The summed E-state index contributed by atoms with van der Waals surface area (Å²) in [5.41, 5.74) is 2.20. The highest BCUT2D eigenvalue weighted by atomic mass is 79.9. The SMILES string of the molecule is BrC(Br)=Cc1ccccc1OCc1ccccc1. The van der Waals surface area contributed by atoms with Gasteiger partial charge in [0.05, 0.1) is 3.39 Å². The van der Waals surface area contributed by atoms with Gasteiger partial charge in [0.25, 0.3) is 0 Å². The fourth-order valence-corrected chi connectivity index (χ4v) is 2.08. The van der Waals surface area contributed by atoms with E-state index in [9.17, 15) is 0 Å². The summed E-state index contributed by atoms with van der Waals surface area (Å²) < 4.78 is 6.73. The lowest BCUT2D eigenvalue weighted by atomic mass is 10.2. The minimum atomic E-state index is 0.575. The molecule has 2 rings (SSSR count). The fraction of sp³-hybridized carbons (Fsp3) is 0.0667. The van der Waals surface area contributed by atoms with Gasteiger partial charge in [0.1, 0.15) is 12.4 Å². The number of hydrogen-bond acceptors (Lipinski definition) is 1. The lowest BCUT2D eigenvalue weighted by molar-refractivity contribution is 0.305. The van der Waals surface area contributed by atoms with E-state index in [1.165, 1.54) is 0 Å². The summed E-state index contributed by atoms with van der Waals surface area (Å²) in [4.78, 5) is 0. The summed E-state index contributed by atoms with van der Waals surface area (Å²) in [7, 11) is 0. The van der Waals surface area contributed by atoms with E-state index in [1.807, 2.05) is 48.5 Å². The van der Waals surface area contributed by atoms with Crippen molar-refractivity contribution in [2.24, 2.45) is 0 Å². The molecule has 0 saturated carbocycles. The number of benzene rings is 2. The van der Waals surface area contributed by atoms with Gasteiger partial charge in [0.2, 0.25) is 0 Å². The molecule has 0 unspecified atom stereocenters. The second kappa shape index (κ2) is 6.76. The molecule has 0 radical (unpaired) electrons. The van der Waals surface area contributed by atoms with Crippen LogP contribution in [0.3, 0.4) is 0 Å². The fourth-order valence-electron chi connectivity index (χ4n) is 1.58. The molecule has 0 aromatic heterocycles. The molecular formula is C15H12Br2O. The van der Waals surface area contributed by atoms with Gasteiger partial charge < -0.3 is 4.74 Å². The van der Waals surface area contributed by atoms with Crippen molar-refractivity contribution in [3.8, 4) is 5.75 Å². The molecule has 92 valence electrons. The van der Waals surface area contributed by atoms with Crippen molar-refractivity contribution in [2.75, 3.05) is 0 Å². The molecule has 0 aliphatic heterocycles. The van der Waals surface area contributed by atoms with Gasteiger partial charge in [-0.3, -0.25) is 0 Å². The Balaban J connectivity index is 2.12. The quantitative estimate of drug-likeness (QED) is 0.707. The normalized spacial score (nSPS) is 9.89. The topological polar surface area (TPSA) is 9.23 Å². The Kier molecular flexibility index (Phi) is 5.02. The van der Waals surface area contributed by atoms with Gasteiger partial charge in [-0.15, -0.1) is 0 Å². The average Bonchev–Trinajstić information content (AvgIpc) is 2.38. The molecule has 0 spiro atoms. The molecule has 0 saturated heterocycles. The zero-order chi connectivity index (χ0) is 12.8. The van der Waals surface area contributed by atoms with Crippen molar-refractivity contribution in [2.45, 2.75) is 6.61 Å². The molecule has 18 heavy (non-hydrogen) atoms. The van der Waals surface area contributed by atoms with Gasteiger partial charge >= 0.3 is 0 Å². The first-order chi connectivity index (χ1) is 8.75. The maximum atomic E-state index is 5.84. The van der Waals surface area contributed by atoms with Crippen molar-refractivity contribution >= 4 is 37.9 Å². The van der Waals surface area contributed by atoms with E-state index in [2.05, 4.69) is 44.0 Å². The minimum absolute atomic E-state index is 0.575. The van der Waals surface area contributed by atoms with Crippen LogP contribution in [0, 0.1) is 0 Å². The number of ether oxygens (including phenoxy) is 1. The lowest BCUT2D eigenvalue weighted by Gasteiger charge is -2.09. The van der Waals surface area contributed by atoms with E-state index in [0.29, 0.717) is 6.61 Å². The Labute approximate surface area is 124 Å². The Morgan fingerprint density at radius 3 is 2.33 bits per heavy atom. The highest BCUT2D eigenvalue weighted by Gasteiger charge is 2.01. The van der Waals surface area contributed by atoms with Crippen LogP contribution >= 0.6 is 31.9 Å². The van der Waals surface area contributed by atoms with Crippen LogP contribution in [-0.2, 0) is 6.61 Å². The van der Waals surface area contributed by atoms with Gasteiger partial charge in [-0.25, -0.2) is 0 Å². The smallest absolute Gasteiger partial charge is 0.127 e. The first kappa shape index (κ1) is 13.4. The molecule has 1 nitrogen and oxygen atoms in total. The number of rotatable bonds is 4. The van der Waals surface area contributed by atoms with Crippen LogP contribution in [0.1, 0.15) is 11.1 Å². The van der Waals surface area contributed by atoms with Crippen molar-refractivity contribution in [1.82, 2.24) is 0 Å². The van der Waals surface area contributed by atoms with Gasteiger partial charge in [-0.2, -0.15) is 0 Å². The van der Waals surface area contributed by atoms with Crippen LogP contribution in [0.5, 0.6) is 5.75 Å². The van der Waals surface area contributed by atoms with Crippen LogP contribution < -0.4 is 4.74 Å². The monoisotopic (exact) mass is 366 g/mol. The van der Waals surface area contributed by atoms with Crippen molar-refractivity contribution < 1.29 is 4.74 Å². The molecule has 2 aromatic rings. The van der Waals surface area contributed by atoms with Crippen LogP contribution in [0.4, 0.5) is 0 Å².